The summed E-state index contributed by atoms with van der Waals surface area (Å²) in [6.07, 6.45) is 0.849. The van der Waals surface area contributed by atoms with Crippen molar-refractivity contribution in [3.05, 3.63) is 36.5 Å². The summed E-state index contributed by atoms with van der Waals surface area (Å²) < 4.78 is 0. The summed E-state index contributed by atoms with van der Waals surface area (Å²) in [6, 6.07) is 0. The zero-order valence-electron chi connectivity index (χ0n) is 17.9. The van der Waals surface area contributed by atoms with Crippen molar-refractivity contribution < 1.29 is 45.0 Å². The number of aliphatic carboxylic acids is 3. The van der Waals surface area contributed by atoms with Gasteiger partial charge in [0.2, 0.25) is 0 Å². The van der Waals surface area contributed by atoms with Gasteiger partial charge in [-0.05, 0) is 26.7 Å². The molecule has 0 bridgehead atoms. The second-order valence-electron chi connectivity index (χ2n) is 6.40. The van der Waals surface area contributed by atoms with E-state index in [4.69, 9.17) is 30.6 Å². The lowest BCUT2D eigenvalue weighted by atomic mass is 9.77. The number of carboxylic acid groups (broad SMARTS) is 3. The molecule has 1 unspecified atom stereocenters. The van der Waals surface area contributed by atoms with Crippen molar-refractivity contribution in [2.24, 2.45) is 11.3 Å². The lowest BCUT2D eigenvalue weighted by Crippen LogP contribution is -2.40. The van der Waals surface area contributed by atoms with Gasteiger partial charge in [0.15, 0.2) is 0 Å². The van der Waals surface area contributed by atoms with Crippen molar-refractivity contribution in [2.75, 3.05) is 19.8 Å². The lowest BCUT2D eigenvalue weighted by molar-refractivity contribution is -0.133. The second kappa shape index (κ2) is 18.9. The van der Waals surface area contributed by atoms with Gasteiger partial charge in [0.05, 0.1) is 19.8 Å². The number of hydrogen-bond acceptors (Lipinski definition) is 6. The molecule has 0 aliphatic carbocycles. The minimum atomic E-state index is -0.935. The molecule has 0 aromatic heterocycles. The maximum Gasteiger partial charge on any atom is 0.330 e. The molecule has 1 atom stereocenters. The van der Waals surface area contributed by atoms with Gasteiger partial charge in [-0.25, -0.2) is 14.4 Å². The normalized spacial score (nSPS) is 10.3. The van der Waals surface area contributed by atoms with Crippen molar-refractivity contribution in [3.63, 3.8) is 0 Å². The largest absolute Gasteiger partial charge is 0.478 e. The molecule has 0 amide bonds. The van der Waals surface area contributed by atoms with Crippen LogP contribution in [0, 0.1) is 11.3 Å². The third-order valence-corrected chi connectivity index (χ3v) is 3.70. The minimum Gasteiger partial charge on any atom is -0.478 e. The Morgan fingerprint density at radius 1 is 0.724 bits per heavy atom. The summed E-state index contributed by atoms with van der Waals surface area (Å²) in [5.74, 6) is -2.66. The van der Waals surface area contributed by atoms with Crippen molar-refractivity contribution in [2.45, 2.75) is 41.0 Å². The maximum absolute atomic E-state index is 9.60. The van der Waals surface area contributed by atoms with Crippen LogP contribution < -0.4 is 0 Å². The van der Waals surface area contributed by atoms with E-state index in [-0.39, 0.29) is 42.5 Å². The Kier molecular flexibility index (Phi) is 22.1. The highest BCUT2D eigenvalue weighted by Gasteiger charge is 2.33. The van der Waals surface area contributed by atoms with E-state index in [0.29, 0.717) is 0 Å². The number of rotatable bonds is 8. The molecule has 9 heteroatoms. The average Bonchev–Trinajstić information content (AvgIpc) is 2.64. The highest BCUT2D eigenvalue weighted by Crippen LogP contribution is 2.28. The number of aliphatic hydroxyl groups is 3. The van der Waals surface area contributed by atoms with E-state index in [1.807, 2.05) is 13.8 Å². The van der Waals surface area contributed by atoms with Gasteiger partial charge in [-0.3, -0.25) is 0 Å². The van der Waals surface area contributed by atoms with Gasteiger partial charge in [0.1, 0.15) is 0 Å². The Bertz CT molecular complexity index is 445. The lowest BCUT2D eigenvalue weighted by Gasteiger charge is -2.33. The van der Waals surface area contributed by atoms with E-state index >= 15 is 0 Å². The van der Waals surface area contributed by atoms with Crippen LogP contribution in [-0.2, 0) is 14.4 Å². The van der Waals surface area contributed by atoms with Crippen LogP contribution in [0.2, 0.25) is 0 Å². The van der Waals surface area contributed by atoms with Crippen LogP contribution in [0.5, 0.6) is 0 Å². The summed E-state index contributed by atoms with van der Waals surface area (Å²) in [7, 11) is 0. The summed E-state index contributed by atoms with van der Waals surface area (Å²) in [5.41, 5.74) is -0.172. The molecule has 170 valence electrons. The fraction of sp³-hybridized carbons (Fsp3) is 0.550. The molecule has 29 heavy (non-hydrogen) atoms. The van der Waals surface area contributed by atoms with Crippen LogP contribution in [0.1, 0.15) is 41.0 Å². The molecule has 0 aliphatic rings. The Balaban J connectivity index is -0.000000151. The van der Waals surface area contributed by atoms with Crippen molar-refractivity contribution >= 4 is 17.9 Å². The summed E-state index contributed by atoms with van der Waals surface area (Å²) in [5, 5.41) is 50.5. The number of hydrogen-bond donors (Lipinski definition) is 6. The van der Waals surface area contributed by atoms with Crippen LogP contribution in [0.25, 0.3) is 0 Å². The molecule has 0 aromatic carbocycles. The second-order valence-corrected chi connectivity index (χ2v) is 6.40. The van der Waals surface area contributed by atoms with Crippen LogP contribution in [-0.4, -0.2) is 68.4 Å². The van der Waals surface area contributed by atoms with Gasteiger partial charge in [0.25, 0.3) is 0 Å². The quantitative estimate of drug-likeness (QED) is 0.321. The molecule has 0 aliphatic heterocycles. The molecule has 0 radical (unpaired) electrons. The predicted octanol–water partition coefficient (Wildman–Crippen LogP) is 1.94. The Hall–Kier alpha value is -2.49. The van der Waals surface area contributed by atoms with Crippen LogP contribution >= 0.6 is 0 Å². The van der Waals surface area contributed by atoms with Gasteiger partial charge < -0.3 is 30.6 Å². The van der Waals surface area contributed by atoms with Gasteiger partial charge >= 0.3 is 17.9 Å². The van der Waals surface area contributed by atoms with Gasteiger partial charge in [0, 0.05) is 22.1 Å². The molecule has 0 spiro atoms. The monoisotopic (exact) mass is 420 g/mol. The average molecular weight is 420 g/mol. The van der Waals surface area contributed by atoms with Crippen LogP contribution in [0.3, 0.4) is 0 Å². The maximum atomic E-state index is 9.60. The topological polar surface area (TPSA) is 173 Å². The van der Waals surface area contributed by atoms with Crippen molar-refractivity contribution in [1.82, 2.24) is 0 Å². The molecule has 0 heterocycles. The van der Waals surface area contributed by atoms with Crippen molar-refractivity contribution in [1.29, 1.82) is 0 Å². The van der Waals surface area contributed by atoms with Gasteiger partial charge in [-0.2, -0.15) is 0 Å². The number of carbonyl (C=O) groups is 3. The van der Waals surface area contributed by atoms with E-state index in [1.165, 1.54) is 20.8 Å². The minimum absolute atomic E-state index is 0.141. The molecule has 9 nitrogen and oxygen atoms in total. The van der Waals surface area contributed by atoms with E-state index in [1.54, 1.807) is 0 Å². The zero-order chi connectivity index (χ0) is 24.4. The first-order valence-electron chi connectivity index (χ1n) is 8.58. The van der Waals surface area contributed by atoms with E-state index in [0.717, 1.165) is 6.42 Å². The number of carboxylic acids is 3. The van der Waals surface area contributed by atoms with E-state index in [2.05, 4.69) is 19.7 Å². The van der Waals surface area contributed by atoms with Crippen LogP contribution in [0.4, 0.5) is 0 Å². The molecule has 0 aromatic rings. The summed E-state index contributed by atoms with van der Waals surface area (Å²) in [6.45, 7) is 17.2. The molecule has 0 saturated heterocycles. The van der Waals surface area contributed by atoms with E-state index in [9.17, 15) is 14.4 Å². The molecular weight excluding hydrogens is 384 g/mol. The first kappa shape index (κ1) is 34.0. The zero-order valence-corrected chi connectivity index (χ0v) is 17.9. The molecular formula is C20H36O9. The predicted molar refractivity (Wildman–Crippen MR) is 110 cm³/mol. The summed E-state index contributed by atoms with van der Waals surface area (Å²) in [4.78, 5) is 28.8. The molecule has 6 N–H and O–H groups in total. The fourth-order valence-corrected chi connectivity index (χ4v) is 1.05. The Morgan fingerprint density at radius 2 is 0.897 bits per heavy atom. The first-order valence-corrected chi connectivity index (χ1v) is 8.58. The van der Waals surface area contributed by atoms with Gasteiger partial charge in [-0.1, -0.05) is 40.0 Å². The Morgan fingerprint density at radius 3 is 0.931 bits per heavy atom. The highest BCUT2D eigenvalue weighted by atomic mass is 16.4. The number of aliphatic hydroxyl groups excluding tert-OH is 3. The molecule has 0 saturated carbocycles. The molecule has 0 rings (SSSR count). The fourth-order valence-electron chi connectivity index (χ4n) is 1.05. The standard InChI is InChI=1S/C8H18O3.3C4H6O2/c1-3-7(2)8(4-9,5-10)6-11;3*1-3(2)4(5)6/h7,9-11H,3-6H2,1-2H3;3*1H2,2H3,(H,5,6). The van der Waals surface area contributed by atoms with E-state index < -0.39 is 23.3 Å². The van der Waals surface area contributed by atoms with Crippen LogP contribution in [0.15, 0.2) is 36.5 Å². The smallest absolute Gasteiger partial charge is 0.330 e. The Labute approximate surface area is 172 Å². The molecule has 0 fully saturated rings. The highest BCUT2D eigenvalue weighted by molar-refractivity contribution is 5.85. The van der Waals surface area contributed by atoms with Crippen molar-refractivity contribution in [3.8, 4) is 0 Å². The van der Waals surface area contributed by atoms with Gasteiger partial charge in [-0.15, -0.1) is 0 Å². The third kappa shape index (κ3) is 20.1. The summed E-state index contributed by atoms with van der Waals surface area (Å²) >= 11 is 0. The SMILES string of the molecule is C=C(C)C(=O)O.C=C(C)C(=O)O.C=C(C)C(=O)O.CCC(C)C(CO)(CO)CO. The third-order valence-electron chi connectivity index (χ3n) is 3.70. The first-order chi connectivity index (χ1) is 13.1.